The maximum atomic E-state index is 12.6. The van der Waals surface area contributed by atoms with Crippen molar-refractivity contribution in [2.75, 3.05) is 16.8 Å². The Morgan fingerprint density at radius 3 is 2.73 bits per heavy atom. The third kappa shape index (κ3) is 3.23. The van der Waals surface area contributed by atoms with Gasteiger partial charge in [-0.3, -0.25) is 4.90 Å². The molecule has 22 heavy (non-hydrogen) atoms. The standard InChI is InChI=1S/C17H17ClN2OS/c1-2-14-11-20(15-5-3-4-6-16(15)22-14)17(21)19-13-9-7-12(18)8-10-13/h3-10,14H,2,11H2,1H3,(H,19,21). The third-order valence-electron chi connectivity index (χ3n) is 3.63. The Morgan fingerprint density at radius 1 is 1.27 bits per heavy atom. The molecule has 0 spiro atoms. The maximum absolute atomic E-state index is 12.6. The molecule has 0 aliphatic carbocycles. The Kier molecular flexibility index (Phi) is 4.60. The fraction of sp³-hybridized carbons (Fsp3) is 0.235. The number of nitrogens with one attached hydrogen (secondary N) is 1. The first-order valence-corrected chi connectivity index (χ1v) is 8.53. The fourth-order valence-electron chi connectivity index (χ4n) is 2.43. The van der Waals surface area contributed by atoms with Crippen LogP contribution in [0.4, 0.5) is 16.2 Å². The number of halogens is 1. The van der Waals surface area contributed by atoms with E-state index in [9.17, 15) is 4.79 Å². The van der Waals surface area contributed by atoms with Gasteiger partial charge >= 0.3 is 6.03 Å². The highest BCUT2D eigenvalue weighted by Crippen LogP contribution is 2.39. The van der Waals surface area contributed by atoms with Crippen molar-refractivity contribution in [3.05, 3.63) is 53.6 Å². The van der Waals surface area contributed by atoms with E-state index in [4.69, 9.17) is 11.6 Å². The van der Waals surface area contributed by atoms with Gasteiger partial charge in [-0.1, -0.05) is 30.7 Å². The first-order valence-electron chi connectivity index (χ1n) is 7.27. The number of para-hydroxylation sites is 1. The SMILES string of the molecule is CCC1CN(C(=O)Nc2ccc(Cl)cc2)c2ccccc2S1. The topological polar surface area (TPSA) is 32.3 Å². The number of urea groups is 1. The summed E-state index contributed by atoms with van der Waals surface area (Å²) in [6.07, 6.45) is 1.03. The molecule has 1 aliphatic heterocycles. The second-order valence-electron chi connectivity index (χ2n) is 5.16. The van der Waals surface area contributed by atoms with Crippen LogP contribution in [0.2, 0.25) is 5.02 Å². The first kappa shape index (κ1) is 15.3. The van der Waals surface area contributed by atoms with Crippen LogP contribution in [0.1, 0.15) is 13.3 Å². The summed E-state index contributed by atoms with van der Waals surface area (Å²) in [6, 6.07) is 15.1. The van der Waals surface area contributed by atoms with Crippen molar-refractivity contribution in [2.45, 2.75) is 23.5 Å². The van der Waals surface area contributed by atoms with Crippen LogP contribution in [0, 0.1) is 0 Å². The number of thioether (sulfide) groups is 1. The van der Waals surface area contributed by atoms with Crippen molar-refractivity contribution in [3.8, 4) is 0 Å². The number of rotatable bonds is 2. The van der Waals surface area contributed by atoms with Gasteiger partial charge in [-0.25, -0.2) is 4.79 Å². The number of benzene rings is 2. The lowest BCUT2D eigenvalue weighted by Gasteiger charge is -2.33. The summed E-state index contributed by atoms with van der Waals surface area (Å²) in [5.41, 5.74) is 1.72. The van der Waals surface area contributed by atoms with Crippen LogP contribution >= 0.6 is 23.4 Å². The monoisotopic (exact) mass is 332 g/mol. The number of hydrogen-bond acceptors (Lipinski definition) is 2. The summed E-state index contributed by atoms with van der Waals surface area (Å²) in [4.78, 5) is 15.6. The number of anilines is 2. The second kappa shape index (κ2) is 6.63. The van der Waals surface area contributed by atoms with E-state index in [2.05, 4.69) is 18.3 Å². The molecule has 1 N–H and O–H groups in total. The van der Waals surface area contributed by atoms with Crippen LogP contribution in [0.5, 0.6) is 0 Å². The molecule has 0 aromatic heterocycles. The molecule has 0 radical (unpaired) electrons. The first-order chi connectivity index (χ1) is 10.7. The van der Waals surface area contributed by atoms with E-state index in [1.807, 2.05) is 47.0 Å². The van der Waals surface area contributed by atoms with Gasteiger partial charge in [-0.2, -0.15) is 0 Å². The quantitative estimate of drug-likeness (QED) is 0.813. The average molecular weight is 333 g/mol. The molecule has 2 amide bonds. The van der Waals surface area contributed by atoms with Gasteiger partial charge in [0.05, 0.1) is 5.69 Å². The van der Waals surface area contributed by atoms with Crippen LogP contribution < -0.4 is 10.2 Å². The van der Waals surface area contributed by atoms with Crippen LogP contribution in [-0.4, -0.2) is 17.8 Å². The lowest BCUT2D eigenvalue weighted by molar-refractivity contribution is 0.256. The Balaban J connectivity index is 1.83. The summed E-state index contributed by atoms with van der Waals surface area (Å²) < 4.78 is 0. The van der Waals surface area contributed by atoms with E-state index in [-0.39, 0.29) is 6.03 Å². The van der Waals surface area contributed by atoms with Crippen LogP contribution in [0.25, 0.3) is 0 Å². The van der Waals surface area contributed by atoms with Gasteiger partial charge in [-0.15, -0.1) is 11.8 Å². The fourth-order valence-corrected chi connectivity index (χ4v) is 3.76. The Labute approximate surface area is 139 Å². The zero-order chi connectivity index (χ0) is 15.5. The molecule has 1 heterocycles. The van der Waals surface area contributed by atoms with Crippen molar-refractivity contribution in [3.63, 3.8) is 0 Å². The van der Waals surface area contributed by atoms with Gasteiger partial charge in [0.1, 0.15) is 0 Å². The molecule has 1 unspecified atom stereocenters. The van der Waals surface area contributed by atoms with Gasteiger partial charge in [0.15, 0.2) is 0 Å². The van der Waals surface area contributed by atoms with Crippen molar-refractivity contribution < 1.29 is 4.79 Å². The summed E-state index contributed by atoms with van der Waals surface area (Å²) in [5, 5.41) is 4.02. The highest BCUT2D eigenvalue weighted by atomic mass is 35.5. The molecule has 0 fully saturated rings. The molecule has 0 bridgehead atoms. The molecule has 3 nitrogen and oxygen atoms in total. The number of amides is 2. The van der Waals surface area contributed by atoms with Crippen LogP contribution in [-0.2, 0) is 0 Å². The van der Waals surface area contributed by atoms with Gasteiger partial charge in [0.25, 0.3) is 0 Å². The van der Waals surface area contributed by atoms with E-state index < -0.39 is 0 Å². The number of carbonyl (C=O) groups excluding carboxylic acids is 1. The predicted octanol–water partition coefficient (Wildman–Crippen LogP) is 5.26. The smallest absolute Gasteiger partial charge is 0.308 e. The van der Waals surface area contributed by atoms with Crippen LogP contribution in [0.3, 0.4) is 0 Å². The summed E-state index contributed by atoms with van der Waals surface area (Å²) in [6.45, 7) is 2.87. The Morgan fingerprint density at radius 2 is 2.00 bits per heavy atom. The van der Waals surface area contributed by atoms with E-state index in [1.165, 1.54) is 0 Å². The van der Waals surface area contributed by atoms with Crippen molar-refractivity contribution in [1.82, 2.24) is 0 Å². The number of fused-ring (bicyclic) bond motifs is 1. The highest BCUT2D eigenvalue weighted by molar-refractivity contribution is 8.00. The zero-order valence-electron chi connectivity index (χ0n) is 12.3. The van der Waals surface area contributed by atoms with Gasteiger partial charge in [-0.05, 0) is 42.8 Å². The summed E-state index contributed by atoms with van der Waals surface area (Å²) in [5.74, 6) is 0. The van der Waals surface area contributed by atoms with E-state index in [0.717, 1.165) is 29.2 Å². The largest absolute Gasteiger partial charge is 0.326 e. The molecule has 0 saturated carbocycles. The molecule has 5 heteroatoms. The lowest BCUT2D eigenvalue weighted by Crippen LogP contribution is -2.41. The minimum atomic E-state index is -0.103. The van der Waals surface area contributed by atoms with Crippen LogP contribution in [0.15, 0.2) is 53.4 Å². The second-order valence-corrected chi connectivity index (χ2v) is 6.94. The Bertz CT molecular complexity index is 675. The van der Waals surface area contributed by atoms with Crippen molar-refractivity contribution in [2.24, 2.45) is 0 Å². The Hall–Kier alpha value is -1.65. The number of hydrogen-bond donors (Lipinski definition) is 1. The lowest BCUT2D eigenvalue weighted by atomic mass is 10.2. The predicted molar refractivity (Wildman–Crippen MR) is 94.2 cm³/mol. The van der Waals surface area contributed by atoms with Gasteiger partial charge in [0.2, 0.25) is 0 Å². The minimum absolute atomic E-state index is 0.103. The molecule has 2 aromatic rings. The molecule has 1 aliphatic rings. The van der Waals surface area contributed by atoms with E-state index in [0.29, 0.717) is 10.3 Å². The summed E-state index contributed by atoms with van der Waals surface area (Å²) in [7, 11) is 0. The zero-order valence-corrected chi connectivity index (χ0v) is 13.8. The molecule has 0 saturated heterocycles. The normalized spacial score (nSPS) is 17.0. The van der Waals surface area contributed by atoms with Crippen molar-refractivity contribution in [1.29, 1.82) is 0 Å². The maximum Gasteiger partial charge on any atom is 0.326 e. The number of carbonyl (C=O) groups is 1. The highest BCUT2D eigenvalue weighted by Gasteiger charge is 2.28. The molecule has 114 valence electrons. The number of nitrogens with zero attached hydrogens (tertiary/aromatic N) is 1. The molecule has 2 aromatic carbocycles. The van der Waals surface area contributed by atoms with E-state index >= 15 is 0 Å². The molecule has 1 atom stereocenters. The third-order valence-corrected chi connectivity index (χ3v) is 5.30. The summed E-state index contributed by atoms with van der Waals surface area (Å²) >= 11 is 7.72. The molecule has 3 rings (SSSR count). The molecular weight excluding hydrogens is 316 g/mol. The van der Waals surface area contributed by atoms with Gasteiger partial charge < -0.3 is 5.32 Å². The van der Waals surface area contributed by atoms with Gasteiger partial charge in [0, 0.05) is 27.4 Å². The minimum Gasteiger partial charge on any atom is -0.308 e. The van der Waals surface area contributed by atoms with Crippen molar-refractivity contribution >= 4 is 40.8 Å². The van der Waals surface area contributed by atoms with E-state index in [1.54, 1.807) is 12.1 Å². The molecular formula is C17H17ClN2OS. The average Bonchev–Trinajstić information content (AvgIpc) is 2.55.